The number of aromatic hydroxyl groups is 1. The first kappa shape index (κ1) is 17.4. The third kappa shape index (κ3) is 3.53. The topological polar surface area (TPSA) is 105 Å². The number of anilines is 1. The van der Waals surface area contributed by atoms with Crippen molar-refractivity contribution in [1.82, 2.24) is 13.9 Å². The molecule has 1 aliphatic heterocycles. The van der Waals surface area contributed by atoms with Gasteiger partial charge in [-0.05, 0) is 6.92 Å². The maximum absolute atomic E-state index is 12.1. The van der Waals surface area contributed by atoms with Crippen LogP contribution in [0.15, 0.2) is 4.79 Å². The van der Waals surface area contributed by atoms with Crippen LogP contribution >= 0.6 is 0 Å². The molecule has 23 heavy (non-hydrogen) atoms. The van der Waals surface area contributed by atoms with E-state index < -0.39 is 28.3 Å². The molecule has 1 fully saturated rings. The Kier molecular flexibility index (Phi) is 5.37. The van der Waals surface area contributed by atoms with Crippen molar-refractivity contribution in [2.75, 3.05) is 43.9 Å². The van der Waals surface area contributed by atoms with Gasteiger partial charge >= 0.3 is 5.97 Å². The number of hydrogen-bond acceptors (Lipinski definition) is 7. The van der Waals surface area contributed by atoms with Crippen molar-refractivity contribution in [3.05, 3.63) is 16.0 Å². The Hall–Kier alpha value is -1.94. The van der Waals surface area contributed by atoms with Crippen molar-refractivity contribution >= 4 is 22.9 Å². The van der Waals surface area contributed by atoms with Crippen LogP contribution in [0, 0.1) is 0 Å². The normalized spacial score (nSPS) is 17.1. The average Bonchev–Trinajstić information content (AvgIpc) is 2.53. The van der Waals surface area contributed by atoms with Gasteiger partial charge in [0.2, 0.25) is 11.7 Å². The summed E-state index contributed by atoms with van der Waals surface area (Å²) >= 11 is 0. The van der Waals surface area contributed by atoms with E-state index in [4.69, 9.17) is 4.74 Å². The van der Waals surface area contributed by atoms with E-state index in [1.165, 1.54) is 11.6 Å². The summed E-state index contributed by atoms with van der Waals surface area (Å²) in [5, 5.41) is 9.85. The van der Waals surface area contributed by atoms with Crippen LogP contribution in [-0.2, 0) is 22.8 Å². The molecule has 128 valence electrons. The predicted molar refractivity (Wildman–Crippen MR) is 85.0 cm³/mol. The fraction of sp³-hybridized carbons (Fsp3) is 0.615. The first-order valence-electron chi connectivity index (χ1n) is 7.17. The molecule has 1 aromatic heterocycles. The van der Waals surface area contributed by atoms with E-state index in [1.54, 1.807) is 17.5 Å². The van der Waals surface area contributed by atoms with E-state index >= 15 is 0 Å². The van der Waals surface area contributed by atoms with E-state index in [-0.39, 0.29) is 18.2 Å². The first-order valence-corrected chi connectivity index (χ1v) is 8.68. The second kappa shape index (κ2) is 7.09. The van der Waals surface area contributed by atoms with Gasteiger partial charge in [-0.1, -0.05) is 0 Å². The number of carbonyl (C=O) groups is 1. The molecule has 1 saturated heterocycles. The zero-order valence-electron chi connectivity index (χ0n) is 13.3. The summed E-state index contributed by atoms with van der Waals surface area (Å²) in [6.45, 7) is 3.86. The van der Waals surface area contributed by atoms with Gasteiger partial charge in [-0.25, -0.2) is 18.3 Å². The van der Waals surface area contributed by atoms with Crippen molar-refractivity contribution in [3.8, 4) is 5.75 Å². The van der Waals surface area contributed by atoms with Crippen LogP contribution in [0.3, 0.4) is 0 Å². The molecule has 9 nitrogen and oxygen atoms in total. The third-order valence-electron chi connectivity index (χ3n) is 3.60. The second-order valence-corrected chi connectivity index (χ2v) is 6.40. The first-order chi connectivity index (χ1) is 10.9. The average molecular weight is 344 g/mol. The second-order valence-electron chi connectivity index (χ2n) is 5.03. The van der Waals surface area contributed by atoms with Gasteiger partial charge in [0, 0.05) is 39.5 Å². The predicted octanol–water partition coefficient (Wildman–Crippen LogP) is -0.922. The van der Waals surface area contributed by atoms with Crippen LogP contribution in [0.25, 0.3) is 0 Å². The van der Waals surface area contributed by atoms with Gasteiger partial charge in [0.25, 0.3) is 5.56 Å². The molecule has 1 aromatic rings. The molecule has 1 aliphatic rings. The Bertz CT molecular complexity index is 682. The number of rotatable bonds is 4. The molecule has 0 radical (unpaired) electrons. The van der Waals surface area contributed by atoms with E-state index in [9.17, 15) is 18.9 Å². The monoisotopic (exact) mass is 344 g/mol. The lowest BCUT2D eigenvalue weighted by atomic mass is 10.3. The van der Waals surface area contributed by atoms with Crippen LogP contribution in [0.5, 0.6) is 5.75 Å². The molecule has 2 rings (SSSR count). The Morgan fingerprint density at radius 3 is 2.48 bits per heavy atom. The lowest BCUT2D eigenvalue weighted by Gasteiger charge is -2.34. The molecule has 0 amide bonds. The summed E-state index contributed by atoms with van der Waals surface area (Å²) in [5.74, 6) is -1.28. The minimum Gasteiger partial charge on any atom is -0.501 e. The molecule has 0 spiro atoms. The highest BCUT2D eigenvalue weighted by Crippen LogP contribution is 2.18. The van der Waals surface area contributed by atoms with Crippen LogP contribution in [0.4, 0.5) is 5.95 Å². The smallest absolute Gasteiger partial charge is 0.361 e. The van der Waals surface area contributed by atoms with E-state index in [2.05, 4.69) is 4.98 Å². The van der Waals surface area contributed by atoms with Gasteiger partial charge in [0.05, 0.1) is 17.6 Å². The van der Waals surface area contributed by atoms with Crippen molar-refractivity contribution in [2.45, 2.75) is 6.92 Å². The summed E-state index contributed by atoms with van der Waals surface area (Å²) in [6, 6.07) is 0. The third-order valence-corrected chi connectivity index (χ3v) is 4.69. The molecule has 0 saturated carbocycles. The molecule has 2 heterocycles. The van der Waals surface area contributed by atoms with Gasteiger partial charge in [0.1, 0.15) is 0 Å². The van der Waals surface area contributed by atoms with E-state index in [0.29, 0.717) is 26.2 Å². The minimum atomic E-state index is -1.05. The number of esters is 1. The van der Waals surface area contributed by atoms with Crippen molar-refractivity contribution in [1.29, 1.82) is 0 Å². The van der Waals surface area contributed by atoms with Crippen molar-refractivity contribution in [2.24, 2.45) is 7.05 Å². The molecule has 0 aliphatic carbocycles. The lowest BCUT2D eigenvalue weighted by Crippen LogP contribution is -2.48. The Morgan fingerprint density at radius 1 is 1.35 bits per heavy atom. The highest BCUT2D eigenvalue weighted by molar-refractivity contribution is 7.81. The zero-order chi connectivity index (χ0) is 17.1. The Labute approximate surface area is 136 Å². The minimum absolute atomic E-state index is 0.117. The van der Waals surface area contributed by atoms with Gasteiger partial charge in [-0.15, -0.1) is 0 Å². The van der Waals surface area contributed by atoms with Gasteiger partial charge in [-0.3, -0.25) is 9.36 Å². The molecule has 0 aromatic carbocycles. The zero-order valence-corrected chi connectivity index (χ0v) is 14.1. The maximum atomic E-state index is 12.1. The number of hydrogen-bond donors (Lipinski definition) is 1. The number of nitrogens with zero attached hydrogens (tertiary/aromatic N) is 4. The van der Waals surface area contributed by atoms with Crippen LogP contribution < -0.4 is 10.5 Å². The number of aromatic nitrogens is 2. The van der Waals surface area contributed by atoms with Gasteiger partial charge < -0.3 is 14.7 Å². The van der Waals surface area contributed by atoms with Gasteiger partial charge in [-0.2, -0.15) is 0 Å². The van der Waals surface area contributed by atoms with Crippen LogP contribution in [-0.4, -0.2) is 68.2 Å². The fourth-order valence-electron chi connectivity index (χ4n) is 2.35. The fourth-order valence-corrected chi connectivity index (χ4v) is 3.03. The molecule has 0 bridgehead atoms. The highest BCUT2D eigenvalue weighted by Gasteiger charge is 2.26. The SMILES string of the molecule is CCOC(=O)c1nc(N2CCN(S(C)=O)CC2)n(C)c(=O)c1O. The van der Waals surface area contributed by atoms with Gasteiger partial charge in [0.15, 0.2) is 5.69 Å². The number of ether oxygens (including phenoxy) is 1. The standard InChI is InChI=1S/C13H20N4O5S/c1-4-22-12(20)9-10(18)11(19)15(2)13(14-9)16-5-7-17(8-6-16)23(3)21/h18H,4-8H2,1-3H3. The summed E-state index contributed by atoms with van der Waals surface area (Å²) in [4.78, 5) is 29.9. The van der Waals surface area contributed by atoms with Crippen LogP contribution in [0.1, 0.15) is 17.4 Å². The molecule has 1 atom stereocenters. The molecule has 10 heteroatoms. The largest absolute Gasteiger partial charge is 0.501 e. The maximum Gasteiger partial charge on any atom is 0.361 e. The summed E-state index contributed by atoms with van der Waals surface area (Å²) in [7, 11) is 0.428. The van der Waals surface area contributed by atoms with Crippen LogP contribution in [0.2, 0.25) is 0 Å². The Morgan fingerprint density at radius 2 is 1.96 bits per heavy atom. The quantitative estimate of drug-likeness (QED) is 0.704. The lowest BCUT2D eigenvalue weighted by molar-refractivity contribution is 0.0515. The summed E-state index contributed by atoms with van der Waals surface area (Å²) in [5.41, 5.74) is -1.09. The van der Waals surface area contributed by atoms with Crippen molar-refractivity contribution in [3.63, 3.8) is 0 Å². The Balaban J connectivity index is 2.34. The molecule has 1 unspecified atom stereocenters. The van der Waals surface area contributed by atoms with Crippen molar-refractivity contribution < 1.29 is 18.8 Å². The molecular weight excluding hydrogens is 324 g/mol. The van der Waals surface area contributed by atoms with E-state index in [0.717, 1.165) is 0 Å². The summed E-state index contributed by atoms with van der Waals surface area (Å²) in [6.07, 6.45) is 1.61. The highest BCUT2D eigenvalue weighted by atomic mass is 32.2. The number of carbonyl (C=O) groups excluding carboxylic acids is 1. The summed E-state index contributed by atoms with van der Waals surface area (Å²) < 4.78 is 19.3. The number of piperazine rings is 1. The molecule has 1 N–H and O–H groups in total. The molecular formula is C13H20N4O5S. The van der Waals surface area contributed by atoms with E-state index in [1.807, 2.05) is 4.90 Å².